The lowest BCUT2D eigenvalue weighted by Crippen LogP contribution is -1.93. The van der Waals surface area contributed by atoms with E-state index in [4.69, 9.17) is 0 Å². The van der Waals surface area contributed by atoms with Crippen molar-refractivity contribution in [2.24, 2.45) is 0 Å². The van der Waals surface area contributed by atoms with Gasteiger partial charge in [0.05, 0.1) is 0 Å². The summed E-state index contributed by atoms with van der Waals surface area (Å²) < 4.78 is 1.66. The molecule has 0 fully saturated rings. The topological polar surface area (TPSA) is 30.2 Å². The smallest absolute Gasteiger partial charge is 0.141 e. The lowest BCUT2D eigenvalue weighted by Gasteiger charge is -1.92. The van der Waals surface area contributed by atoms with Crippen molar-refractivity contribution in [1.29, 1.82) is 0 Å². The van der Waals surface area contributed by atoms with Crippen LogP contribution in [-0.2, 0) is 0 Å². The molecule has 0 unspecified atom stereocenters. The zero-order valence-corrected chi connectivity index (χ0v) is 4.57. The van der Waals surface area contributed by atoms with E-state index in [0.717, 1.165) is 16.6 Å². The van der Waals surface area contributed by atoms with Gasteiger partial charge in [-0.1, -0.05) is 6.07 Å². The zero-order valence-electron chi connectivity index (χ0n) is 4.57. The Balaban J connectivity index is 2.92. The lowest BCUT2D eigenvalue weighted by atomic mass is 10.3. The van der Waals surface area contributed by atoms with Crippen LogP contribution in [0.5, 0.6) is 0 Å². The molecule has 0 N–H and O–H groups in total. The summed E-state index contributed by atoms with van der Waals surface area (Å²) in [5.41, 5.74) is 3.21. The first kappa shape index (κ1) is 3.61. The molecule has 0 radical (unpaired) electrons. The van der Waals surface area contributed by atoms with Crippen LogP contribution in [0, 0.1) is 0 Å². The lowest BCUT2D eigenvalue weighted by molar-refractivity contribution is 0.827. The molecule has 3 nitrogen and oxygen atoms in total. The van der Waals surface area contributed by atoms with E-state index in [0.29, 0.717) is 0 Å². The van der Waals surface area contributed by atoms with Crippen LogP contribution in [0.2, 0.25) is 0 Å². The van der Waals surface area contributed by atoms with Gasteiger partial charge in [-0.15, -0.1) is 14.8 Å². The van der Waals surface area contributed by atoms with E-state index in [-0.39, 0.29) is 0 Å². The molecule has 0 aliphatic rings. The molecule has 0 saturated heterocycles. The molecule has 0 atom stereocenters. The van der Waals surface area contributed by atoms with Crippen LogP contribution in [0.25, 0.3) is 16.6 Å². The summed E-state index contributed by atoms with van der Waals surface area (Å²) >= 11 is 0. The molecule has 3 aromatic heterocycles. The third-order valence-electron chi connectivity index (χ3n) is 1.61. The Hall–Kier alpha value is -1.38. The van der Waals surface area contributed by atoms with E-state index >= 15 is 0 Å². The molecular weight excluding hydrogens is 114 g/mol. The van der Waals surface area contributed by atoms with Crippen LogP contribution in [0.1, 0.15) is 0 Å². The van der Waals surface area contributed by atoms with Gasteiger partial charge in [0.25, 0.3) is 0 Å². The summed E-state index contributed by atoms with van der Waals surface area (Å²) in [6.45, 7) is 0. The fourth-order valence-corrected chi connectivity index (χ4v) is 1.15. The normalized spacial score (nSPS) is 12.4. The summed E-state index contributed by atoms with van der Waals surface area (Å²) in [7, 11) is 0. The van der Waals surface area contributed by atoms with Crippen LogP contribution in [0.15, 0.2) is 18.2 Å². The highest BCUT2D eigenvalue weighted by Crippen LogP contribution is 2.20. The van der Waals surface area contributed by atoms with E-state index < -0.39 is 0 Å². The maximum absolute atomic E-state index is 4.12. The van der Waals surface area contributed by atoms with Crippen molar-refractivity contribution in [3.8, 4) is 0 Å². The molecule has 9 heavy (non-hydrogen) atoms. The largest absolute Gasteiger partial charge is 0.148 e. The second-order valence-electron chi connectivity index (χ2n) is 2.13. The van der Waals surface area contributed by atoms with E-state index in [1.807, 2.05) is 18.2 Å². The number of hydrogen-bond donors (Lipinski definition) is 0. The summed E-state index contributed by atoms with van der Waals surface area (Å²) in [5, 5.41) is 8.16. The zero-order chi connectivity index (χ0) is 5.84. The van der Waals surface area contributed by atoms with Gasteiger partial charge in [-0.25, -0.2) is 0 Å². The minimum Gasteiger partial charge on any atom is -0.148 e. The van der Waals surface area contributed by atoms with Crippen LogP contribution < -0.4 is 0 Å². The third kappa shape index (κ3) is 0.233. The minimum absolute atomic E-state index is 1.01. The average molecular weight is 117 g/mol. The highest BCUT2D eigenvalue weighted by atomic mass is 15.5. The summed E-state index contributed by atoms with van der Waals surface area (Å²) in [6.07, 6.45) is 0. The van der Waals surface area contributed by atoms with Crippen molar-refractivity contribution < 1.29 is 0 Å². The van der Waals surface area contributed by atoms with Gasteiger partial charge in [0, 0.05) is 0 Å². The maximum atomic E-state index is 4.12. The summed E-state index contributed by atoms with van der Waals surface area (Å²) in [5.74, 6) is 0. The standard InChI is InChI=1S/C6H3N3/c1-2-4-6-5(3-1)9(7-4)8-6/h1-3H. The van der Waals surface area contributed by atoms with E-state index in [1.165, 1.54) is 0 Å². The number of aromatic nitrogens is 3. The fourth-order valence-electron chi connectivity index (χ4n) is 1.15. The summed E-state index contributed by atoms with van der Waals surface area (Å²) in [6, 6.07) is 5.98. The van der Waals surface area contributed by atoms with Crippen LogP contribution in [-0.4, -0.2) is 14.8 Å². The Kier molecular flexibility index (Phi) is 0.344. The maximum Gasteiger partial charge on any atom is 0.141 e. The quantitative estimate of drug-likeness (QED) is 0.435. The van der Waals surface area contributed by atoms with Gasteiger partial charge in [0.15, 0.2) is 0 Å². The predicted octanol–water partition coefficient (Wildman–Crippen LogP) is 0.758. The first-order valence-electron chi connectivity index (χ1n) is 2.81. The SMILES string of the molecule is c1cc2nn3nc2c3c1. The molecule has 4 bridgehead atoms. The molecule has 0 saturated carbocycles. The number of benzene rings is 1. The van der Waals surface area contributed by atoms with Gasteiger partial charge in [-0.2, -0.15) is 0 Å². The molecule has 1 aromatic carbocycles. The molecule has 0 aliphatic carbocycles. The highest BCUT2D eigenvalue weighted by Gasteiger charge is 2.11. The number of hydrogen-bond acceptors (Lipinski definition) is 2. The predicted molar refractivity (Wildman–Crippen MR) is 32.9 cm³/mol. The molecule has 4 aromatic rings. The monoisotopic (exact) mass is 117 g/mol. The van der Waals surface area contributed by atoms with Crippen LogP contribution in [0.3, 0.4) is 0 Å². The Labute approximate surface area is 50.6 Å². The first-order valence-corrected chi connectivity index (χ1v) is 2.81. The molecule has 3 heterocycles. The van der Waals surface area contributed by atoms with Gasteiger partial charge in [0.1, 0.15) is 16.6 Å². The average Bonchev–Trinajstić information content (AvgIpc) is 2.30. The van der Waals surface area contributed by atoms with Crippen LogP contribution in [0.4, 0.5) is 0 Å². The van der Waals surface area contributed by atoms with E-state index in [1.54, 1.807) is 4.63 Å². The van der Waals surface area contributed by atoms with Crippen molar-refractivity contribution in [3.63, 3.8) is 0 Å². The van der Waals surface area contributed by atoms with E-state index in [9.17, 15) is 0 Å². The second kappa shape index (κ2) is 0.857. The molecular formula is C6H3N3. The van der Waals surface area contributed by atoms with Crippen molar-refractivity contribution in [2.45, 2.75) is 0 Å². The van der Waals surface area contributed by atoms with Crippen molar-refractivity contribution in [1.82, 2.24) is 14.8 Å². The molecule has 3 heteroatoms. The second-order valence-corrected chi connectivity index (χ2v) is 2.13. The van der Waals surface area contributed by atoms with Gasteiger partial charge < -0.3 is 0 Å². The third-order valence-corrected chi connectivity index (χ3v) is 1.61. The Bertz CT molecular complexity index is 412. The van der Waals surface area contributed by atoms with Gasteiger partial charge >= 0.3 is 0 Å². The Morgan fingerprint density at radius 2 is 2.22 bits per heavy atom. The Morgan fingerprint density at radius 1 is 1.22 bits per heavy atom. The summed E-state index contributed by atoms with van der Waals surface area (Å²) in [4.78, 5) is 0. The molecule has 0 amide bonds. The van der Waals surface area contributed by atoms with Crippen LogP contribution >= 0.6 is 0 Å². The molecule has 42 valence electrons. The van der Waals surface area contributed by atoms with Crippen molar-refractivity contribution in [3.05, 3.63) is 18.2 Å². The molecule has 4 rings (SSSR count). The number of rotatable bonds is 0. The minimum atomic E-state index is 1.01. The van der Waals surface area contributed by atoms with E-state index in [2.05, 4.69) is 10.2 Å². The molecule has 0 spiro atoms. The van der Waals surface area contributed by atoms with Gasteiger partial charge in [-0.3, -0.25) is 0 Å². The highest BCUT2D eigenvalue weighted by molar-refractivity contribution is 5.93. The fraction of sp³-hybridized carbons (Fsp3) is 0. The number of nitrogens with zero attached hydrogens (tertiary/aromatic N) is 3. The van der Waals surface area contributed by atoms with Crippen molar-refractivity contribution in [2.75, 3.05) is 0 Å². The molecule has 0 aliphatic heterocycles. The van der Waals surface area contributed by atoms with Gasteiger partial charge in [-0.05, 0) is 12.1 Å². The van der Waals surface area contributed by atoms with Gasteiger partial charge in [0.2, 0.25) is 0 Å². The Morgan fingerprint density at radius 3 is 3.00 bits per heavy atom. The first-order chi connectivity index (χ1) is 4.45. The van der Waals surface area contributed by atoms with Crippen molar-refractivity contribution >= 4 is 16.6 Å².